The molecular formula is C14H24N2O4S. The standard InChI is InChI=1S/C14H24N2O4S/c1-4-16(5-2)21(17,18)15-11-6-12-20-14-9-7-13(19-3)8-10-14/h7-10,15H,4-6,11-12H2,1-3H3. The van der Waals surface area contributed by atoms with Gasteiger partial charge in [0.15, 0.2) is 0 Å². The maximum absolute atomic E-state index is 11.9. The molecule has 0 bridgehead atoms. The molecule has 7 heteroatoms. The molecule has 0 amide bonds. The molecule has 0 unspecified atom stereocenters. The van der Waals surface area contributed by atoms with Gasteiger partial charge in [0, 0.05) is 19.6 Å². The van der Waals surface area contributed by atoms with Crippen LogP contribution in [0.5, 0.6) is 11.5 Å². The quantitative estimate of drug-likeness (QED) is 0.666. The molecule has 0 aliphatic rings. The molecule has 6 nitrogen and oxygen atoms in total. The van der Waals surface area contributed by atoms with Crippen LogP contribution in [0.1, 0.15) is 20.3 Å². The van der Waals surface area contributed by atoms with E-state index in [1.54, 1.807) is 7.11 Å². The third kappa shape index (κ3) is 5.91. The highest BCUT2D eigenvalue weighted by atomic mass is 32.2. The van der Waals surface area contributed by atoms with Crippen molar-refractivity contribution in [2.45, 2.75) is 20.3 Å². The minimum Gasteiger partial charge on any atom is -0.497 e. The maximum Gasteiger partial charge on any atom is 0.279 e. The van der Waals surface area contributed by atoms with Gasteiger partial charge in [-0.1, -0.05) is 13.8 Å². The summed E-state index contributed by atoms with van der Waals surface area (Å²) in [6.45, 7) is 5.37. The van der Waals surface area contributed by atoms with Gasteiger partial charge in [-0.2, -0.15) is 12.7 Å². The summed E-state index contributed by atoms with van der Waals surface area (Å²) in [4.78, 5) is 0. The number of ether oxygens (including phenoxy) is 2. The van der Waals surface area contributed by atoms with E-state index in [1.807, 2.05) is 38.1 Å². The zero-order valence-electron chi connectivity index (χ0n) is 12.8. The van der Waals surface area contributed by atoms with Crippen LogP contribution in [-0.4, -0.2) is 46.1 Å². The molecule has 0 aliphatic carbocycles. The Bertz CT molecular complexity index is 498. The Labute approximate surface area is 127 Å². The van der Waals surface area contributed by atoms with E-state index in [4.69, 9.17) is 9.47 Å². The van der Waals surface area contributed by atoms with Crippen LogP contribution in [0, 0.1) is 0 Å². The molecule has 0 spiro atoms. The molecule has 1 rings (SSSR count). The lowest BCUT2D eigenvalue weighted by Gasteiger charge is -2.18. The number of benzene rings is 1. The Hall–Kier alpha value is -1.31. The molecule has 120 valence electrons. The largest absolute Gasteiger partial charge is 0.497 e. The van der Waals surface area contributed by atoms with Crippen LogP contribution < -0.4 is 14.2 Å². The first-order valence-corrected chi connectivity index (χ1v) is 8.49. The van der Waals surface area contributed by atoms with E-state index in [9.17, 15) is 8.42 Å². The summed E-state index contributed by atoms with van der Waals surface area (Å²) in [6.07, 6.45) is 0.604. The number of rotatable bonds is 10. The topological polar surface area (TPSA) is 67.9 Å². The third-order valence-corrected chi connectivity index (χ3v) is 4.74. The predicted octanol–water partition coefficient (Wildman–Crippen LogP) is 1.64. The normalized spacial score (nSPS) is 11.6. The lowest BCUT2D eigenvalue weighted by Crippen LogP contribution is -2.41. The van der Waals surface area contributed by atoms with E-state index in [-0.39, 0.29) is 0 Å². The van der Waals surface area contributed by atoms with Gasteiger partial charge in [-0.3, -0.25) is 0 Å². The summed E-state index contributed by atoms with van der Waals surface area (Å²) in [5, 5.41) is 0. The smallest absolute Gasteiger partial charge is 0.279 e. The van der Waals surface area contributed by atoms with Crippen LogP contribution in [0.4, 0.5) is 0 Å². The van der Waals surface area contributed by atoms with Crippen LogP contribution in [0.25, 0.3) is 0 Å². The van der Waals surface area contributed by atoms with E-state index < -0.39 is 10.2 Å². The van der Waals surface area contributed by atoms with E-state index in [0.29, 0.717) is 32.7 Å². The van der Waals surface area contributed by atoms with Gasteiger partial charge in [-0.15, -0.1) is 0 Å². The highest BCUT2D eigenvalue weighted by molar-refractivity contribution is 7.87. The summed E-state index contributed by atoms with van der Waals surface area (Å²) >= 11 is 0. The SMILES string of the molecule is CCN(CC)S(=O)(=O)NCCCOc1ccc(OC)cc1. The van der Waals surface area contributed by atoms with Crippen molar-refractivity contribution in [1.29, 1.82) is 0 Å². The summed E-state index contributed by atoms with van der Waals surface area (Å²) in [5.74, 6) is 1.51. The first kappa shape index (κ1) is 17.7. The molecule has 0 heterocycles. The van der Waals surface area contributed by atoms with Crippen LogP contribution in [0.15, 0.2) is 24.3 Å². The highest BCUT2D eigenvalue weighted by Gasteiger charge is 2.16. The van der Waals surface area contributed by atoms with Crippen molar-refractivity contribution in [2.24, 2.45) is 0 Å². The number of nitrogens with zero attached hydrogens (tertiary/aromatic N) is 1. The second-order valence-electron chi connectivity index (χ2n) is 4.36. The minimum absolute atomic E-state index is 0.356. The number of methoxy groups -OCH3 is 1. The molecule has 0 atom stereocenters. The first-order chi connectivity index (χ1) is 10.0. The van der Waals surface area contributed by atoms with Crippen molar-refractivity contribution in [3.63, 3.8) is 0 Å². The molecule has 0 radical (unpaired) electrons. The van der Waals surface area contributed by atoms with Crippen molar-refractivity contribution in [1.82, 2.24) is 9.03 Å². The van der Waals surface area contributed by atoms with Gasteiger partial charge < -0.3 is 9.47 Å². The van der Waals surface area contributed by atoms with Gasteiger partial charge in [0.1, 0.15) is 11.5 Å². The van der Waals surface area contributed by atoms with Crippen LogP contribution in [0.3, 0.4) is 0 Å². The van der Waals surface area contributed by atoms with Crippen molar-refractivity contribution in [3.05, 3.63) is 24.3 Å². The molecule has 0 saturated carbocycles. The Balaban J connectivity index is 2.28. The highest BCUT2D eigenvalue weighted by Crippen LogP contribution is 2.16. The Morgan fingerprint density at radius 3 is 2.19 bits per heavy atom. The van der Waals surface area contributed by atoms with Gasteiger partial charge in [-0.25, -0.2) is 4.72 Å². The maximum atomic E-state index is 11.9. The van der Waals surface area contributed by atoms with Crippen molar-refractivity contribution in [2.75, 3.05) is 33.4 Å². The lowest BCUT2D eigenvalue weighted by atomic mass is 10.3. The van der Waals surface area contributed by atoms with E-state index >= 15 is 0 Å². The second-order valence-corrected chi connectivity index (χ2v) is 6.12. The molecule has 0 fully saturated rings. The number of hydrogen-bond acceptors (Lipinski definition) is 4. The molecule has 1 aromatic rings. The van der Waals surface area contributed by atoms with Crippen molar-refractivity contribution < 1.29 is 17.9 Å². The average molecular weight is 316 g/mol. The summed E-state index contributed by atoms with van der Waals surface area (Å²) < 4.78 is 38.2. The molecule has 0 aromatic heterocycles. The van der Waals surface area contributed by atoms with Gasteiger partial charge in [0.25, 0.3) is 10.2 Å². The Morgan fingerprint density at radius 2 is 1.67 bits per heavy atom. The summed E-state index contributed by atoms with van der Waals surface area (Å²) in [6, 6.07) is 7.27. The fraction of sp³-hybridized carbons (Fsp3) is 0.571. The zero-order chi connectivity index (χ0) is 15.7. The fourth-order valence-electron chi connectivity index (χ4n) is 1.79. The Kier molecular flexibility index (Phi) is 7.49. The molecule has 21 heavy (non-hydrogen) atoms. The third-order valence-electron chi connectivity index (χ3n) is 2.98. The second kappa shape index (κ2) is 8.86. The van der Waals surface area contributed by atoms with Crippen LogP contribution >= 0.6 is 0 Å². The van der Waals surface area contributed by atoms with Crippen molar-refractivity contribution in [3.8, 4) is 11.5 Å². The van der Waals surface area contributed by atoms with Crippen LogP contribution in [0.2, 0.25) is 0 Å². The molecule has 0 saturated heterocycles. The van der Waals surface area contributed by atoms with E-state index in [1.165, 1.54) is 4.31 Å². The fourth-order valence-corrected chi connectivity index (χ4v) is 3.05. The zero-order valence-corrected chi connectivity index (χ0v) is 13.6. The number of hydrogen-bond donors (Lipinski definition) is 1. The minimum atomic E-state index is -3.37. The van der Waals surface area contributed by atoms with E-state index in [2.05, 4.69) is 4.72 Å². The monoisotopic (exact) mass is 316 g/mol. The Morgan fingerprint density at radius 1 is 1.10 bits per heavy atom. The first-order valence-electron chi connectivity index (χ1n) is 7.05. The predicted molar refractivity (Wildman–Crippen MR) is 82.9 cm³/mol. The van der Waals surface area contributed by atoms with Crippen molar-refractivity contribution >= 4 is 10.2 Å². The lowest BCUT2D eigenvalue weighted by molar-refractivity contribution is 0.310. The van der Waals surface area contributed by atoms with Gasteiger partial charge in [-0.05, 0) is 30.7 Å². The molecule has 1 N–H and O–H groups in total. The van der Waals surface area contributed by atoms with Crippen LogP contribution in [-0.2, 0) is 10.2 Å². The number of nitrogens with one attached hydrogen (secondary N) is 1. The van der Waals surface area contributed by atoms with Gasteiger partial charge >= 0.3 is 0 Å². The average Bonchev–Trinajstić information content (AvgIpc) is 2.48. The molecule has 1 aromatic carbocycles. The van der Waals surface area contributed by atoms with Gasteiger partial charge in [0.05, 0.1) is 13.7 Å². The summed E-state index contributed by atoms with van der Waals surface area (Å²) in [5.41, 5.74) is 0. The van der Waals surface area contributed by atoms with E-state index in [0.717, 1.165) is 11.5 Å². The molecular weight excluding hydrogens is 292 g/mol. The summed E-state index contributed by atoms with van der Waals surface area (Å²) in [7, 11) is -1.76. The van der Waals surface area contributed by atoms with Gasteiger partial charge in [0.2, 0.25) is 0 Å². The molecule has 0 aliphatic heterocycles.